The minimum atomic E-state index is -0.260. The van der Waals surface area contributed by atoms with Crippen molar-refractivity contribution in [1.29, 1.82) is 0 Å². The molecule has 1 aliphatic rings. The highest BCUT2D eigenvalue weighted by Crippen LogP contribution is 2.40. The normalized spacial score (nSPS) is 15.7. The molecule has 3 rings (SSSR count). The number of hydrogen-bond acceptors (Lipinski definition) is 2. The van der Waals surface area contributed by atoms with Crippen LogP contribution in [-0.2, 0) is 9.59 Å². The maximum Gasteiger partial charge on any atom is 0.261 e. The van der Waals surface area contributed by atoms with E-state index in [1.54, 1.807) is 7.05 Å². The van der Waals surface area contributed by atoms with E-state index in [2.05, 4.69) is 0 Å². The van der Waals surface area contributed by atoms with E-state index < -0.39 is 0 Å². The van der Waals surface area contributed by atoms with Crippen molar-refractivity contribution in [3.8, 4) is 0 Å². The van der Waals surface area contributed by atoms with Crippen LogP contribution >= 0.6 is 0 Å². The molecule has 0 N–H and O–H groups in total. The van der Waals surface area contributed by atoms with E-state index in [-0.39, 0.29) is 11.8 Å². The Kier molecular flexibility index (Phi) is 5.46. The largest absolute Gasteiger partial charge is 0.277 e. The third-order valence-electron chi connectivity index (χ3n) is 5.27. The summed E-state index contributed by atoms with van der Waals surface area (Å²) in [6, 6.07) is 15.9. The molecule has 2 aromatic rings. The lowest BCUT2D eigenvalue weighted by Gasteiger charge is -2.15. The average molecular weight is 371 g/mol. The molecule has 0 unspecified atom stereocenters. The Hall–Kier alpha value is -3.20. The number of hydrogen-bond donors (Lipinski definition) is 0. The van der Waals surface area contributed by atoms with Crippen molar-refractivity contribution >= 4 is 23.0 Å². The minimum absolute atomic E-state index is 0.260. The molecule has 3 heteroatoms. The first-order valence-corrected chi connectivity index (χ1v) is 9.44. The van der Waals surface area contributed by atoms with Gasteiger partial charge in [0.2, 0.25) is 0 Å². The molecular formula is C25H25NO2. The standard InChI is InChI=1S/C25H25NO2/c1-6-18(20-14-10-8-12-16(20)3)22-23(25(28)26(5)24(22)27)19(7-2)21-15-11-9-13-17(21)4/h6-15H,1-5H3/b18-6+,19-7+. The molecule has 0 fully saturated rings. The molecular weight excluding hydrogens is 346 g/mol. The molecule has 2 amide bonds. The molecule has 3 nitrogen and oxygen atoms in total. The topological polar surface area (TPSA) is 37.4 Å². The first kappa shape index (κ1) is 19.6. The van der Waals surface area contributed by atoms with Gasteiger partial charge in [0.25, 0.3) is 11.8 Å². The van der Waals surface area contributed by atoms with Crippen LogP contribution in [0.2, 0.25) is 0 Å². The summed E-state index contributed by atoms with van der Waals surface area (Å²) in [4.78, 5) is 27.5. The van der Waals surface area contributed by atoms with Crippen LogP contribution in [0.4, 0.5) is 0 Å². The van der Waals surface area contributed by atoms with Crippen molar-refractivity contribution in [3.63, 3.8) is 0 Å². The van der Waals surface area contributed by atoms with Crippen molar-refractivity contribution in [1.82, 2.24) is 4.90 Å². The van der Waals surface area contributed by atoms with Crippen molar-refractivity contribution < 1.29 is 9.59 Å². The molecule has 0 atom stereocenters. The molecule has 0 saturated heterocycles. The van der Waals surface area contributed by atoms with Gasteiger partial charge in [-0.05, 0) is 61.1 Å². The van der Waals surface area contributed by atoms with Gasteiger partial charge in [-0.25, -0.2) is 0 Å². The molecule has 0 bridgehead atoms. The Morgan fingerprint density at radius 2 is 1.07 bits per heavy atom. The lowest BCUT2D eigenvalue weighted by Crippen LogP contribution is -2.27. The fourth-order valence-electron chi connectivity index (χ4n) is 3.76. The number of likely N-dealkylation sites (N-methyl/N-ethyl adjacent to an activating group) is 1. The second kappa shape index (κ2) is 7.81. The fraction of sp³-hybridized carbons (Fsp3) is 0.200. The zero-order valence-corrected chi connectivity index (χ0v) is 17.0. The molecule has 0 saturated carbocycles. The van der Waals surface area contributed by atoms with Gasteiger partial charge in [0, 0.05) is 7.05 Å². The highest BCUT2D eigenvalue weighted by atomic mass is 16.2. The number of amides is 2. The van der Waals surface area contributed by atoms with Gasteiger partial charge in [-0.2, -0.15) is 0 Å². The maximum absolute atomic E-state index is 13.1. The molecule has 0 spiro atoms. The predicted molar refractivity (Wildman–Crippen MR) is 114 cm³/mol. The van der Waals surface area contributed by atoms with Gasteiger partial charge in [0.05, 0.1) is 11.1 Å². The first-order chi connectivity index (χ1) is 13.4. The quantitative estimate of drug-likeness (QED) is 0.701. The predicted octanol–water partition coefficient (Wildman–Crippen LogP) is 5.11. The van der Waals surface area contributed by atoms with Crippen LogP contribution in [0, 0.1) is 13.8 Å². The van der Waals surface area contributed by atoms with Gasteiger partial charge in [0.15, 0.2) is 0 Å². The summed E-state index contributed by atoms with van der Waals surface area (Å²) in [5, 5.41) is 0. The lowest BCUT2D eigenvalue weighted by molar-refractivity contribution is -0.135. The minimum Gasteiger partial charge on any atom is -0.277 e. The van der Waals surface area contributed by atoms with Crippen molar-refractivity contribution in [2.75, 3.05) is 7.05 Å². The smallest absolute Gasteiger partial charge is 0.261 e. The van der Waals surface area contributed by atoms with Crippen LogP contribution in [0.3, 0.4) is 0 Å². The number of aryl methyl sites for hydroxylation is 2. The van der Waals surface area contributed by atoms with Crippen molar-refractivity contribution in [3.05, 3.63) is 94.1 Å². The van der Waals surface area contributed by atoms with Crippen LogP contribution < -0.4 is 0 Å². The fourth-order valence-corrected chi connectivity index (χ4v) is 3.76. The third kappa shape index (κ3) is 3.13. The van der Waals surface area contributed by atoms with E-state index in [0.29, 0.717) is 11.1 Å². The number of carbonyl (C=O) groups excluding carboxylic acids is 2. The van der Waals surface area contributed by atoms with Crippen LogP contribution in [0.1, 0.15) is 36.1 Å². The van der Waals surface area contributed by atoms with E-state index in [4.69, 9.17) is 0 Å². The van der Waals surface area contributed by atoms with E-state index in [9.17, 15) is 9.59 Å². The van der Waals surface area contributed by atoms with Gasteiger partial charge in [-0.15, -0.1) is 0 Å². The monoisotopic (exact) mass is 371 g/mol. The van der Waals surface area contributed by atoms with Gasteiger partial charge in [-0.1, -0.05) is 60.7 Å². The molecule has 28 heavy (non-hydrogen) atoms. The Labute approximate surface area is 166 Å². The van der Waals surface area contributed by atoms with Gasteiger partial charge in [0.1, 0.15) is 0 Å². The molecule has 0 aromatic heterocycles. The maximum atomic E-state index is 13.1. The molecule has 2 aromatic carbocycles. The summed E-state index contributed by atoms with van der Waals surface area (Å²) in [7, 11) is 1.55. The van der Waals surface area contributed by atoms with Crippen LogP contribution in [-0.4, -0.2) is 23.8 Å². The van der Waals surface area contributed by atoms with Crippen molar-refractivity contribution in [2.24, 2.45) is 0 Å². The van der Waals surface area contributed by atoms with Gasteiger partial charge < -0.3 is 0 Å². The number of imide groups is 1. The SMILES string of the molecule is C/C=C(C1=C(/C(=C/C)c2ccccc2C)C(=O)N(C)C1=O)\c1ccccc1C. The zero-order valence-electron chi connectivity index (χ0n) is 17.0. The van der Waals surface area contributed by atoms with Crippen LogP contribution in [0.5, 0.6) is 0 Å². The lowest BCUT2D eigenvalue weighted by atomic mass is 9.86. The Bertz CT molecular complexity index is 970. The number of benzene rings is 2. The van der Waals surface area contributed by atoms with Crippen LogP contribution in [0.15, 0.2) is 71.8 Å². The number of nitrogens with zero attached hydrogens (tertiary/aromatic N) is 1. The zero-order chi connectivity index (χ0) is 20.4. The number of allylic oxidation sites excluding steroid dienone is 2. The Balaban J connectivity index is 2.32. The van der Waals surface area contributed by atoms with E-state index in [1.165, 1.54) is 4.90 Å². The van der Waals surface area contributed by atoms with Crippen molar-refractivity contribution in [2.45, 2.75) is 27.7 Å². The molecule has 0 radical (unpaired) electrons. The highest BCUT2D eigenvalue weighted by molar-refractivity contribution is 6.31. The van der Waals surface area contributed by atoms with E-state index in [1.807, 2.05) is 88.4 Å². The second-order valence-corrected chi connectivity index (χ2v) is 6.95. The summed E-state index contributed by atoms with van der Waals surface area (Å²) in [5.41, 5.74) is 6.60. The molecule has 142 valence electrons. The average Bonchev–Trinajstić information content (AvgIpc) is 2.91. The summed E-state index contributed by atoms with van der Waals surface area (Å²) in [5.74, 6) is -0.520. The molecule has 0 aliphatic carbocycles. The summed E-state index contributed by atoms with van der Waals surface area (Å²) >= 11 is 0. The number of carbonyl (C=O) groups is 2. The highest BCUT2D eigenvalue weighted by Gasteiger charge is 2.39. The van der Waals surface area contributed by atoms with E-state index in [0.717, 1.165) is 33.4 Å². The summed E-state index contributed by atoms with van der Waals surface area (Å²) < 4.78 is 0. The first-order valence-electron chi connectivity index (χ1n) is 9.44. The molecule has 1 heterocycles. The van der Waals surface area contributed by atoms with Gasteiger partial charge in [-0.3, -0.25) is 14.5 Å². The van der Waals surface area contributed by atoms with E-state index >= 15 is 0 Å². The second-order valence-electron chi connectivity index (χ2n) is 6.95. The summed E-state index contributed by atoms with van der Waals surface area (Å²) in [6.07, 6.45) is 3.85. The van der Waals surface area contributed by atoms with Crippen LogP contribution in [0.25, 0.3) is 11.1 Å². The third-order valence-corrected chi connectivity index (χ3v) is 5.27. The van der Waals surface area contributed by atoms with Gasteiger partial charge >= 0.3 is 0 Å². The molecule has 1 aliphatic heterocycles. The summed E-state index contributed by atoms with van der Waals surface area (Å²) in [6.45, 7) is 7.85. The number of rotatable bonds is 4. The Morgan fingerprint density at radius 1 is 0.714 bits per heavy atom. The Morgan fingerprint density at radius 3 is 1.39 bits per heavy atom.